The highest BCUT2D eigenvalue weighted by Gasteiger charge is 2.19. The quantitative estimate of drug-likeness (QED) is 0.825. The third-order valence-corrected chi connectivity index (χ3v) is 3.27. The van der Waals surface area contributed by atoms with E-state index in [1.54, 1.807) is 13.2 Å². The molecule has 100 valence electrons. The average Bonchev–Trinajstić information content (AvgIpc) is 2.72. The van der Waals surface area contributed by atoms with Gasteiger partial charge in [-0.15, -0.1) is 0 Å². The summed E-state index contributed by atoms with van der Waals surface area (Å²) in [6, 6.07) is 1.75. The molecule has 2 heterocycles. The van der Waals surface area contributed by atoms with Crippen LogP contribution in [0, 0.1) is 5.92 Å². The predicted octanol–water partition coefficient (Wildman–Crippen LogP) is 1.64. The summed E-state index contributed by atoms with van der Waals surface area (Å²) in [5.41, 5.74) is 0. The Kier molecular flexibility index (Phi) is 4.74. The van der Waals surface area contributed by atoms with E-state index in [-0.39, 0.29) is 0 Å². The lowest BCUT2D eigenvalue weighted by Crippen LogP contribution is -2.19. The standard InChI is InChI=1S/C12H19ClN4O/c1-17-4-3-9(7-17)6-14-11-5-10(13)15-12(16-11)8-18-2/h5,9H,3-4,6-8H2,1-2H3,(H,14,15,16). The van der Waals surface area contributed by atoms with Crippen molar-refractivity contribution in [3.63, 3.8) is 0 Å². The first kappa shape index (κ1) is 13.5. The number of nitrogens with one attached hydrogen (secondary N) is 1. The lowest BCUT2D eigenvalue weighted by atomic mass is 10.1. The molecule has 2 rings (SSSR count). The highest BCUT2D eigenvalue weighted by Crippen LogP contribution is 2.16. The van der Waals surface area contributed by atoms with Gasteiger partial charge < -0.3 is 15.0 Å². The fourth-order valence-electron chi connectivity index (χ4n) is 2.19. The normalized spacial score (nSPS) is 20.3. The summed E-state index contributed by atoms with van der Waals surface area (Å²) in [6.07, 6.45) is 1.23. The maximum atomic E-state index is 5.95. The van der Waals surface area contributed by atoms with Gasteiger partial charge in [0.05, 0.1) is 0 Å². The van der Waals surface area contributed by atoms with E-state index in [1.807, 2.05) is 0 Å². The summed E-state index contributed by atoms with van der Waals surface area (Å²) >= 11 is 5.95. The number of ether oxygens (including phenoxy) is 1. The average molecular weight is 271 g/mol. The van der Waals surface area contributed by atoms with Crippen molar-refractivity contribution in [1.82, 2.24) is 14.9 Å². The zero-order valence-electron chi connectivity index (χ0n) is 10.8. The number of hydrogen-bond acceptors (Lipinski definition) is 5. The van der Waals surface area contributed by atoms with Gasteiger partial charge >= 0.3 is 0 Å². The van der Waals surface area contributed by atoms with Crippen LogP contribution in [-0.4, -0.2) is 48.7 Å². The summed E-state index contributed by atoms with van der Waals surface area (Å²) in [5, 5.41) is 3.78. The van der Waals surface area contributed by atoms with Crippen LogP contribution < -0.4 is 5.32 Å². The van der Waals surface area contributed by atoms with Gasteiger partial charge in [-0.3, -0.25) is 0 Å². The van der Waals surface area contributed by atoms with Crippen LogP contribution in [0.4, 0.5) is 5.82 Å². The van der Waals surface area contributed by atoms with Gasteiger partial charge in [0.25, 0.3) is 0 Å². The highest BCUT2D eigenvalue weighted by molar-refractivity contribution is 6.29. The van der Waals surface area contributed by atoms with Crippen molar-refractivity contribution in [3.05, 3.63) is 17.0 Å². The monoisotopic (exact) mass is 270 g/mol. The van der Waals surface area contributed by atoms with E-state index in [0.717, 1.165) is 18.9 Å². The predicted molar refractivity (Wildman–Crippen MR) is 71.8 cm³/mol. The second-order valence-corrected chi connectivity index (χ2v) is 5.11. The Morgan fingerprint density at radius 3 is 3.06 bits per heavy atom. The largest absolute Gasteiger partial charge is 0.377 e. The third-order valence-electron chi connectivity index (χ3n) is 3.08. The maximum Gasteiger partial charge on any atom is 0.158 e. The van der Waals surface area contributed by atoms with Gasteiger partial charge in [-0.2, -0.15) is 0 Å². The molecule has 1 N–H and O–H groups in total. The molecular weight excluding hydrogens is 252 g/mol. The van der Waals surface area contributed by atoms with Crippen LogP contribution >= 0.6 is 11.6 Å². The maximum absolute atomic E-state index is 5.95. The smallest absolute Gasteiger partial charge is 0.158 e. The first-order chi connectivity index (χ1) is 8.67. The number of halogens is 1. The summed E-state index contributed by atoms with van der Waals surface area (Å²) in [7, 11) is 3.77. The van der Waals surface area contributed by atoms with Gasteiger partial charge in [-0.1, -0.05) is 11.6 Å². The second-order valence-electron chi connectivity index (χ2n) is 4.72. The molecule has 1 atom stereocenters. The number of methoxy groups -OCH3 is 1. The zero-order valence-corrected chi connectivity index (χ0v) is 11.6. The molecule has 0 spiro atoms. The molecule has 1 fully saturated rings. The first-order valence-electron chi connectivity index (χ1n) is 6.12. The summed E-state index contributed by atoms with van der Waals surface area (Å²) < 4.78 is 5.01. The van der Waals surface area contributed by atoms with Crippen LogP contribution in [0.5, 0.6) is 0 Å². The van der Waals surface area contributed by atoms with Crippen molar-refractivity contribution in [2.24, 2.45) is 5.92 Å². The molecule has 0 aliphatic carbocycles. The summed E-state index contributed by atoms with van der Waals surface area (Å²) in [6.45, 7) is 3.61. The molecule has 0 bridgehead atoms. The highest BCUT2D eigenvalue weighted by atomic mass is 35.5. The Morgan fingerprint density at radius 1 is 1.56 bits per heavy atom. The van der Waals surface area contributed by atoms with E-state index in [0.29, 0.717) is 23.5 Å². The molecule has 1 aliphatic heterocycles. The Bertz CT molecular complexity index is 402. The molecule has 6 heteroatoms. The molecule has 1 aliphatic rings. The molecule has 0 amide bonds. The van der Waals surface area contributed by atoms with Gasteiger partial charge in [-0.05, 0) is 25.9 Å². The molecule has 5 nitrogen and oxygen atoms in total. The molecule has 1 unspecified atom stereocenters. The van der Waals surface area contributed by atoms with E-state index in [2.05, 4.69) is 27.2 Å². The number of hydrogen-bond donors (Lipinski definition) is 1. The fourth-order valence-corrected chi connectivity index (χ4v) is 2.39. The molecule has 18 heavy (non-hydrogen) atoms. The molecule has 1 aromatic heterocycles. The van der Waals surface area contributed by atoms with E-state index in [9.17, 15) is 0 Å². The first-order valence-corrected chi connectivity index (χ1v) is 6.50. The Morgan fingerprint density at radius 2 is 2.39 bits per heavy atom. The van der Waals surface area contributed by atoms with Gasteiger partial charge in [0.2, 0.25) is 0 Å². The number of aromatic nitrogens is 2. The van der Waals surface area contributed by atoms with Crippen LogP contribution in [-0.2, 0) is 11.3 Å². The van der Waals surface area contributed by atoms with E-state index in [4.69, 9.17) is 16.3 Å². The van der Waals surface area contributed by atoms with E-state index >= 15 is 0 Å². The topological polar surface area (TPSA) is 50.3 Å². The lowest BCUT2D eigenvalue weighted by molar-refractivity contribution is 0.178. The van der Waals surface area contributed by atoms with E-state index < -0.39 is 0 Å². The van der Waals surface area contributed by atoms with Crippen molar-refractivity contribution in [3.8, 4) is 0 Å². The van der Waals surface area contributed by atoms with Crippen molar-refractivity contribution < 1.29 is 4.74 Å². The lowest BCUT2D eigenvalue weighted by Gasteiger charge is -2.12. The molecule has 1 saturated heterocycles. The van der Waals surface area contributed by atoms with E-state index in [1.165, 1.54) is 13.0 Å². The third kappa shape index (κ3) is 3.80. The molecule has 0 aromatic carbocycles. The molecule has 0 saturated carbocycles. The minimum absolute atomic E-state index is 0.376. The van der Waals surface area contributed by atoms with Gasteiger partial charge in [0.1, 0.15) is 17.6 Å². The van der Waals surface area contributed by atoms with Gasteiger partial charge in [0, 0.05) is 26.3 Å². The number of nitrogens with zero attached hydrogens (tertiary/aromatic N) is 3. The van der Waals surface area contributed by atoms with Crippen LogP contribution in [0.25, 0.3) is 0 Å². The number of rotatable bonds is 5. The Labute approximate surface area is 113 Å². The second kappa shape index (κ2) is 6.31. The molecule has 1 aromatic rings. The van der Waals surface area contributed by atoms with Crippen LogP contribution in [0.1, 0.15) is 12.2 Å². The summed E-state index contributed by atoms with van der Waals surface area (Å²) in [5.74, 6) is 2.06. The van der Waals surface area contributed by atoms with Crippen molar-refractivity contribution in [1.29, 1.82) is 0 Å². The van der Waals surface area contributed by atoms with Gasteiger partial charge in [-0.25, -0.2) is 9.97 Å². The SMILES string of the molecule is COCc1nc(Cl)cc(NCC2CCN(C)C2)n1. The van der Waals surface area contributed by atoms with Gasteiger partial charge in [0.15, 0.2) is 5.82 Å². The van der Waals surface area contributed by atoms with Crippen LogP contribution in [0.3, 0.4) is 0 Å². The van der Waals surface area contributed by atoms with Crippen molar-refractivity contribution >= 4 is 17.4 Å². The minimum atomic E-state index is 0.376. The van der Waals surface area contributed by atoms with Crippen LogP contribution in [0.15, 0.2) is 6.07 Å². The van der Waals surface area contributed by atoms with Crippen molar-refractivity contribution in [2.75, 3.05) is 39.1 Å². The fraction of sp³-hybridized carbons (Fsp3) is 0.667. The Balaban J connectivity index is 1.92. The molecular formula is C12H19ClN4O. The minimum Gasteiger partial charge on any atom is -0.377 e. The Hall–Kier alpha value is -0.910. The number of anilines is 1. The zero-order chi connectivity index (χ0) is 13.0. The number of likely N-dealkylation sites (tertiary alicyclic amines) is 1. The summed E-state index contributed by atoms with van der Waals surface area (Å²) in [4.78, 5) is 10.8. The van der Waals surface area contributed by atoms with Crippen LogP contribution in [0.2, 0.25) is 5.15 Å². The molecule has 0 radical (unpaired) electrons. The van der Waals surface area contributed by atoms with Crippen molar-refractivity contribution in [2.45, 2.75) is 13.0 Å².